The minimum absolute atomic E-state index is 0.0593. The Morgan fingerprint density at radius 3 is 2.61 bits per heavy atom. The minimum Gasteiger partial charge on any atom is -0.454 e. The van der Waals surface area contributed by atoms with Crippen molar-refractivity contribution in [2.75, 3.05) is 17.0 Å². The van der Waals surface area contributed by atoms with Crippen LogP contribution in [0.15, 0.2) is 78.9 Å². The number of amides is 1. The van der Waals surface area contributed by atoms with E-state index in [1.54, 1.807) is 4.90 Å². The van der Waals surface area contributed by atoms with Gasteiger partial charge in [0.15, 0.2) is 11.5 Å². The fraction of sp³-hybridized carbons (Fsp3) is 0.0870. The van der Waals surface area contributed by atoms with Crippen molar-refractivity contribution in [2.24, 2.45) is 0 Å². The molecule has 0 bridgehead atoms. The van der Waals surface area contributed by atoms with Crippen molar-refractivity contribution >= 4 is 23.4 Å². The van der Waals surface area contributed by atoms with Gasteiger partial charge in [0.05, 0.1) is 11.3 Å². The molecule has 28 heavy (non-hydrogen) atoms. The van der Waals surface area contributed by atoms with Gasteiger partial charge in [-0.15, -0.1) is 0 Å². The van der Waals surface area contributed by atoms with Crippen LogP contribution in [-0.2, 0) is 0 Å². The lowest BCUT2D eigenvalue weighted by molar-refractivity contribution is 0.0980. The van der Waals surface area contributed by atoms with Crippen LogP contribution in [0.1, 0.15) is 15.9 Å². The SMILES string of the molecule is O=C1c2ccccc2N[C@@H](/C=C/c2ccccc2)N1c1ccc2c(c1)OCO2. The van der Waals surface area contributed by atoms with Crippen LogP contribution in [0.5, 0.6) is 11.5 Å². The lowest BCUT2D eigenvalue weighted by Crippen LogP contribution is -2.48. The van der Waals surface area contributed by atoms with Crippen molar-refractivity contribution < 1.29 is 14.3 Å². The highest BCUT2D eigenvalue weighted by molar-refractivity contribution is 6.12. The van der Waals surface area contributed by atoms with E-state index >= 15 is 0 Å². The van der Waals surface area contributed by atoms with Crippen molar-refractivity contribution in [2.45, 2.75) is 6.17 Å². The Labute approximate surface area is 162 Å². The Morgan fingerprint density at radius 1 is 0.929 bits per heavy atom. The van der Waals surface area contributed by atoms with E-state index in [0.29, 0.717) is 17.1 Å². The zero-order chi connectivity index (χ0) is 18.9. The summed E-state index contributed by atoms with van der Waals surface area (Å²) in [6.45, 7) is 0.200. The summed E-state index contributed by atoms with van der Waals surface area (Å²) in [6, 6.07) is 23.1. The smallest absolute Gasteiger partial charge is 0.262 e. The van der Waals surface area contributed by atoms with Crippen LogP contribution >= 0.6 is 0 Å². The van der Waals surface area contributed by atoms with E-state index in [1.807, 2.05) is 84.9 Å². The summed E-state index contributed by atoms with van der Waals surface area (Å²) in [4.78, 5) is 15.1. The van der Waals surface area contributed by atoms with E-state index in [2.05, 4.69) is 5.32 Å². The van der Waals surface area contributed by atoms with Crippen molar-refractivity contribution in [1.82, 2.24) is 0 Å². The van der Waals surface area contributed by atoms with Crippen molar-refractivity contribution in [3.63, 3.8) is 0 Å². The van der Waals surface area contributed by atoms with E-state index < -0.39 is 0 Å². The molecule has 1 N–H and O–H groups in total. The van der Waals surface area contributed by atoms with Gasteiger partial charge in [0.25, 0.3) is 5.91 Å². The van der Waals surface area contributed by atoms with Crippen LogP contribution in [0.2, 0.25) is 0 Å². The highest BCUT2D eigenvalue weighted by Gasteiger charge is 2.32. The number of anilines is 2. The predicted octanol–water partition coefficient (Wildman–Crippen LogP) is 4.53. The third-order valence-corrected chi connectivity index (χ3v) is 4.86. The maximum Gasteiger partial charge on any atom is 0.262 e. The number of nitrogens with zero attached hydrogens (tertiary/aromatic N) is 1. The van der Waals surface area contributed by atoms with Crippen LogP contribution in [0.4, 0.5) is 11.4 Å². The van der Waals surface area contributed by atoms with Crippen LogP contribution in [-0.4, -0.2) is 18.9 Å². The van der Waals surface area contributed by atoms with E-state index in [4.69, 9.17) is 9.47 Å². The highest BCUT2D eigenvalue weighted by atomic mass is 16.7. The summed E-state index contributed by atoms with van der Waals surface area (Å²) in [5.41, 5.74) is 3.29. The molecule has 1 amide bonds. The Kier molecular flexibility index (Phi) is 3.98. The molecule has 2 aliphatic heterocycles. The van der Waals surface area contributed by atoms with E-state index in [-0.39, 0.29) is 18.9 Å². The van der Waals surface area contributed by atoms with Gasteiger partial charge in [-0.2, -0.15) is 0 Å². The van der Waals surface area contributed by atoms with E-state index in [1.165, 1.54) is 0 Å². The molecule has 2 heterocycles. The minimum atomic E-state index is -0.331. The Hall–Kier alpha value is -3.73. The normalized spacial score (nSPS) is 17.5. The maximum atomic E-state index is 13.3. The molecule has 1 atom stereocenters. The Balaban J connectivity index is 1.56. The molecule has 3 aromatic rings. The molecule has 5 rings (SSSR count). The number of carbonyl (C=O) groups is 1. The molecule has 0 saturated carbocycles. The third kappa shape index (κ3) is 2.87. The number of hydrogen-bond acceptors (Lipinski definition) is 4. The first kappa shape index (κ1) is 16.4. The standard InChI is InChI=1S/C23H18N2O3/c26-23-18-8-4-5-9-19(18)24-22(13-10-16-6-2-1-3-7-16)25(23)17-11-12-20-21(14-17)28-15-27-20/h1-14,22,24H,15H2/b13-10+/t22-/m1/s1. The van der Waals surface area contributed by atoms with E-state index in [0.717, 1.165) is 16.9 Å². The molecule has 3 aromatic carbocycles. The quantitative estimate of drug-likeness (QED) is 0.736. The monoisotopic (exact) mass is 370 g/mol. The summed E-state index contributed by atoms with van der Waals surface area (Å²) >= 11 is 0. The number of ether oxygens (including phenoxy) is 2. The number of carbonyl (C=O) groups excluding carboxylic acids is 1. The first-order chi connectivity index (χ1) is 13.8. The van der Waals surface area contributed by atoms with Crippen LogP contribution in [0.25, 0.3) is 6.08 Å². The van der Waals surface area contributed by atoms with Gasteiger partial charge in [0.1, 0.15) is 6.17 Å². The van der Waals surface area contributed by atoms with Crippen LogP contribution in [0, 0.1) is 0 Å². The molecule has 0 saturated heterocycles. The third-order valence-electron chi connectivity index (χ3n) is 4.86. The molecule has 5 nitrogen and oxygen atoms in total. The molecule has 5 heteroatoms. The molecule has 0 aliphatic carbocycles. The van der Waals surface area contributed by atoms with Gasteiger partial charge in [-0.3, -0.25) is 9.69 Å². The summed E-state index contributed by atoms with van der Waals surface area (Å²) in [6.07, 6.45) is 3.68. The van der Waals surface area contributed by atoms with Crippen molar-refractivity contribution in [1.29, 1.82) is 0 Å². The molecule has 0 unspecified atom stereocenters. The number of rotatable bonds is 3. The second kappa shape index (κ2) is 6.78. The van der Waals surface area contributed by atoms with Gasteiger partial charge in [0, 0.05) is 11.8 Å². The molecule has 0 fully saturated rings. The number of nitrogens with one attached hydrogen (secondary N) is 1. The molecule has 138 valence electrons. The summed E-state index contributed by atoms with van der Waals surface area (Å²) < 4.78 is 10.9. The Morgan fingerprint density at radius 2 is 1.71 bits per heavy atom. The van der Waals surface area contributed by atoms with Gasteiger partial charge >= 0.3 is 0 Å². The molecule has 0 spiro atoms. The number of hydrogen-bond donors (Lipinski definition) is 1. The van der Waals surface area contributed by atoms with E-state index in [9.17, 15) is 4.79 Å². The fourth-order valence-corrected chi connectivity index (χ4v) is 3.49. The molecule has 2 aliphatic rings. The van der Waals surface area contributed by atoms with Gasteiger partial charge in [-0.05, 0) is 35.9 Å². The zero-order valence-corrected chi connectivity index (χ0v) is 15.0. The highest BCUT2D eigenvalue weighted by Crippen LogP contribution is 2.38. The van der Waals surface area contributed by atoms with Crippen molar-refractivity contribution in [3.8, 4) is 11.5 Å². The second-order valence-electron chi connectivity index (χ2n) is 6.62. The molecule has 0 radical (unpaired) electrons. The zero-order valence-electron chi connectivity index (χ0n) is 15.0. The predicted molar refractivity (Wildman–Crippen MR) is 109 cm³/mol. The lowest BCUT2D eigenvalue weighted by atomic mass is 10.1. The van der Waals surface area contributed by atoms with Crippen molar-refractivity contribution in [3.05, 3.63) is 90.0 Å². The summed E-state index contributed by atoms with van der Waals surface area (Å²) in [5.74, 6) is 1.28. The average Bonchev–Trinajstić information content (AvgIpc) is 3.21. The number of fused-ring (bicyclic) bond motifs is 2. The average molecular weight is 370 g/mol. The molecule has 0 aromatic heterocycles. The van der Waals surface area contributed by atoms with Crippen LogP contribution in [0.3, 0.4) is 0 Å². The van der Waals surface area contributed by atoms with Gasteiger partial charge in [-0.25, -0.2) is 0 Å². The molecular formula is C23H18N2O3. The number of para-hydroxylation sites is 1. The first-order valence-electron chi connectivity index (χ1n) is 9.12. The number of benzene rings is 3. The van der Waals surface area contributed by atoms with Gasteiger partial charge < -0.3 is 14.8 Å². The second-order valence-corrected chi connectivity index (χ2v) is 6.62. The molecular weight excluding hydrogens is 352 g/mol. The fourth-order valence-electron chi connectivity index (χ4n) is 3.49. The topological polar surface area (TPSA) is 50.8 Å². The summed E-state index contributed by atoms with van der Waals surface area (Å²) in [7, 11) is 0. The largest absolute Gasteiger partial charge is 0.454 e. The maximum absolute atomic E-state index is 13.3. The first-order valence-corrected chi connectivity index (χ1v) is 9.12. The lowest BCUT2D eigenvalue weighted by Gasteiger charge is -2.36. The Bertz CT molecular complexity index is 1060. The van der Waals surface area contributed by atoms with Gasteiger partial charge in [-0.1, -0.05) is 48.5 Å². The van der Waals surface area contributed by atoms with Crippen LogP contribution < -0.4 is 19.7 Å². The summed E-state index contributed by atoms with van der Waals surface area (Å²) in [5, 5.41) is 3.46. The van der Waals surface area contributed by atoms with Gasteiger partial charge in [0.2, 0.25) is 6.79 Å².